The summed E-state index contributed by atoms with van der Waals surface area (Å²) in [6.07, 6.45) is 25.2. The van der Waals surface area contributed by atoms with Crippen LogP contribution in [0.5, 0.6) is 0 Å². The Balaban J connectivity index is 3.82. The first-order valence-corrected chi connectivity index (χ1v) is 18.6. The van der Waals surface area contributed by atoms with E-state index in [9.17, 15) is 19.2 Å². The minimum atomic E-state index is -1.08. The Morgan fingerprint density at radius 2 is 0.935 bits per heavy atom. The lowest BCUT2D eigenvalue weighted by Crippen LogP contribution is -2.56. The highest BCUT2D eigenvalue weighted by molar-refractivity contribution is 5.83. The third-order valence-electron chi connectivity index (χ3n) is 8.56. The summed E-state index contributed by atoms with van der Waals surface area (Å²) in [6, 6.07) is -2.30. The molecule has 0 rings (SSSR count). The molecule has 0 aromatic heterocycles. The van der Waals surface area contributed by atoms with Crippen molar-refractivity contribution in [3.05, 3.63) is 0 Å². The Labute approximate surface area is 280 Å². The van der Waals surface area contributed by atoms with Gasteiger partial charge in [-0.3, -0.25) is 15.0 Å². The molecule has 46 heavy (non-hydrogen) atoms. The topological polar surface area (TPSA) is 161 Å². The Morgan fingerprint density at radius 1 is 0.543 bits per heavy atom. The molecule has 0 aromatic carbocycles. The van der Waals surface area contributed by atoms with Gasteiger partial charge < -0.3 is 26.4 Å². The van der Waals surface area contributed by atoms with Crippen LogP contribution in [0, 0.1) is 5.92 Å². The van der Waals surface area contributed by atoms with E-state index in [2.05, 4.69) is 39.0 Å². The van der Waals surface area contributed by atoms with Crippen LogP contribution >= 0.6 is 0 Å². The van der Waals surface area contributed by atoms with Crippen molar-refractivity contribution in [2.45, 2.75) is 175 Å². The number of hydrogen-bond donors (Lipinski definition) is 7. The maximum absolute atomic E-state index is 12.8. The number of hydrazine groups is 1. The van der Waals surface area contributed by atoms with Gasteiger partial charge in [-0.25, -0.2) is 15.0 Å². The molecule has 5 amide bonds. The number of rotatable bonds is 31. The summed E-state index contributed by atoms with van der Waals surface area (Å²) < 4.78 is 0. The van der Waals surface area contributed by atoms with Crippen LogP contribution in [-0.2, 0) is 9.59 Å². The number of carbonyl (C=O) groups excluding carboxylic acids is 3. The zero-order valence-corrected chi connectivity index (χ0v) is 29.8. The van der Waals surface area contributed by atoms with E-state index in [0.717, 1.165) is 44.9 Å². The van der Waals surface area contributed by atoms with Gasteiger partial charge in [0.25, 0.3) is 0 Å². The Bertz CT molecular complexity index is 785. The van der Waals surface area contributed by atoms with Crippen molar-refractivity contribution >= 4 is 23.9 Å². The van der Waals surface area contributed by atoms with E-state index in [0.29, 0.717) is 19.6 Å². The third-order valence-corrected chi connectivity index (χ3v) is 8.56. The molecule has 0 radical (unpaired) electrons. The zero-order chi connectivity index (χ0) is 34.3. The van der Waals surface area contributed by atoms with Crippen molar-refractivity contribution in [3.8, 4) is 0 Å². The Hall–Kier alpha value is -2.56. The minimum Gasteiger partial charge on any atom is -0.480 e. The van der Waals surface area contributed by atoms with Gasteiger partial charge in [0.05, 0.1) is 0 Å². The summed E-state index contributed by atoms with van der Waals surface area (Å²) in [5, 5.41) is 19.6. The predicted octanol–water partition coefficient (Wildman–Crippen LogP) is 6.92. The standard InChI is InChI=1S/C35H70N6O5/c1-5-7-8-9-10-11-12-13-14-15-16-17-18-19-20-23-26-36-32(42)31(29(3)6-2)40-41-35(46)38-28-25-22-21-24-27-37-34(45)39-30(4)33(43)44/h29-31,40H,5-28H2,1-4H3,(H,36,42)(H,43,44)(H2,37,39,45)(H2,38,41,46)/t29-,30-,31-/m0/s1. The molecule has 0 saturated carbocycles. The molecule has 270 valence electrons. The molecule has 7 N–H and O–H groups in total. The zero-order valence-electron chi connectivity index (χ0n) is 29.8. The van der Waals surface area contributed by atoms with Crippen LogP contribution in [0.15, 0.2) is 0 Å². The Morgan fingerprint density at radius 3 is 1.35 bits per heavy atom. The molecule has 0 fully saturated rings. The molecular formula is C35H70N6O5. The van der Waals surface area contributed by atoms with Gasteiger partial charge in [0, 0.05) is 19.6 Å². The van der Waals surface area contributed by atoms with E-state index in [-0.39, 0.29) is 17.9 Å². The maximum Gasteiger partial charge on any atom is 0.329 e. The predicted molar refractivity (Wildman–Crippen MR) is 188 cm³/mol. The number of hydrogen-bond acceptors (Lipinski definition) is 5. The van der Waals surface area contributed by atoms with Crippen molar-refractivity contribution in [2.24, 2.45) is 5.92 Å². The van der Waals surface area contributed by atoms with Crippen molar-refractivity contribution in [2.75, 3.05) is 19.6 Å². The largest absolute Gasteiger partial charge is 0.480 e. The summed E-state index contributed by atoms with van der Waals surface area (Å²) in [7, 11) is 0. The van der Waals surface area contributed by atoms with E-state index < -0.39 is 24.1 Å². The maximum atomic E-state index is 12.8. The second kappa shape index (κ2) is 31.1. The van der Waals surface area contributed by atoms with Gasteiger partial charge >= 0.3 is 18.0 Å². The average Bonchev–Trinajstić information content (AvgIpc) is 3.03. The Kier molecular flexibility index (Phi) is 29.3. The van der Waals surface area contributed by atoms with Crippen LogP contribution in [0.2, 0.25) is 0 Å². The normalized spacial score (nSPS) is 13.0. The van der Waals surface area contributed by atoms with Crippen LogP contribution in [0.3, 0.4) is 0 Å². The number of amides is 5. The first-order chi connectivity index (χ1) is 22.2. The van der Waals surface area contributed by atoms with Gasteiger partial charge in [0.15, 0.2) is 0 Å². The first kappa shape index (κ1) is 43.4. The lowest BCUT2D eigenvalue weighted by molar-refractivity contribution is -0.138. The molecule has 0 saturated heterocycles. The number of aliphatic carboxylic acids is 1. The van der Waals surface area contributed by atoms with E-state index in [4.69, 9.17) is 5.11 Å². The van der Waals surface area contributed by atoms with Crippen LogP contribution in [0.4, 0.5) is 9.59 Å². The molecular weight excluding hydrogens is 584 g/mol. The highest BCUT2D eigenvalue weighted by Gasteiger charge is 2.24. The lowest BCUT2D eigenvalue weighted by Gasteiger charge is -2.24. The van der Waals surface area contributed by atoms with Crippen molar-refractivity contribution in [1.82, 2.24) is 32.1 Å². The second-order valence-corrected chi connectivity index (χ2v) is 12.9. The lowest BCUT2D eigenvalue weighted by atomic mass is 9.99. The van der Waals surface area contributed by atoms with E-state index in [1.54, 1.807) is 0 Å². The summed E-state index contributed by atoms with van der Waals surface area (Å²) >= 11 is 0. The van der Waals surface area contributed by atoms with Crippen molar-refractivity contribution in [3.63, 3.8) is 0 Å². The molecule has 0 spiro atoms. The fraction of sp³-hybridized carbons (Fsp3) is 0.886. The highest BCUT2D eigenvalue weighted by atomic mass is 16.4. The van der Waals surface area contributed by atoms with Gasteiger partial charge in [-0.15, -0.1) is 0 Å². The van der Waals surface area contributed by atoms with Gasteiger partial charge in [-0.05, 0) is 32.1 Å². The van der Waals surface area contributed by atoms with E-state index >= 15 is 0 Å². The van der Waals surface area contributed by atoms with Gasteiger partial charge in [0.2, 0.25) is 5.91 Å². The average molecular weight is 655 g/mol. The van der Waals surface area contributed by atoms with Gasteiger partial charge in [-0.1, -0.05) is 136 Å². The van der Waals surface area contributed by atoms with Crippen LogP contribution in [-0.4, -0.2) is 60.8 Å². The van der Waals surface area contributed by atoms with Crippen LogP contribution in [0.1, 0.15) is 163 Å². The molecule has 11 nitrogen and oxygen atoms in total. The second-order valence-electron chi connectivity index (χ2n) is 12.9. The smallest absolute Gasteiger partial charge is 0.329 e. The van der Waals surface area contributed by atoms with Crippen LogP contribution in [0.25, 0.3) is 0 Å². The molecule has 0 bridgehead atoms. The van der Waals surface area contributed by atoms with E-state index in [1.807, 2.05) is 13.8 Å². The summed E-state index contributed by atoms with van der Waals surface area (Å²) in [5.41, 5.74) is 5.55. The summed E-state index contributed by atoms with van der Waals surface area (Å²) in [4.78, 5) is 47.4. The molecule has 0 aliphatic carbocycles. The van der Waals surface area contributed by atoms with Crippen LogP contribution < -0.4 is 32.1 Å². The number of nitrogens with one attached hydrogen (secondary N) is 6. The number of carboxylic acid groups (broad SMARTS) is 1. The molecule has 11 heteroatoms. The summed E-state index contributed by atoms with van der Waals surface area (Å²) in [5.74, 6) is -1.11. The SMILES string of the molecule is CCCCCCCCCCCCCCCCCCNC(=O)[C@@H](NNC(=O)NCCCCCCNC(=O)N[C@@H](C)C(=O)O)[C@@H](C)CC. The fourth-order valence-corrected chi connectivity index (χ4v) is 5.20. The molecule has 0 aromatic rings. The molecule has 0 unspecified atom stereocenters. The first-order valence-electron chi connectivity index (χ1n) is 18.6. The molecule has 0 heterocycles. The van der Waals surface area contributed by atoms with Crippen molar-refractivity contribution in [1.29, 1.82) is 0 Å². The fourth-order valence-electron chi connectivity index (χ4n) is 5.20. The molecule has 3 atom stereocenters. The van der Waals surface area contributed by atoms with Crippen molar-refractivity contribution < 1.29 is 24.3 Å². The summed E-state index contributed by atoms with van der Waals surface area (Å²) in [6.45, 7) is 9.30. The molecule has 0 aliphatic heterocycles. The number of urea groups is 2. The number of carbonyl (C=O) groups is 4. The number of carboxylic acids is 1. The molecule has 0 aliphatic rings. The minimum absolute atomic E-state index is 0.0640. The van der Waals surface area contributed by atoms with Gasteiger partial charge in [0.1, 0.15) is 12.1 Å². The number of unbranched alkanes of at least 4 members (excludes halogenated alkanes) is 18. The monoisotopic (exact) mass is 655 g/mol. The third kappa shape index (κ3) is 26.6. The van der Waals surface area contributed by atoms with Gasteiger partial charge in [-0.2, -0.15) is 0 Å². The quantitative estimate of drug-likeness (QED) is 0.0317. The highest BCUT2D eigenvalue weighted by Crippen LogP contribution is 2.14. The van der Waals surface area contributed by atoms with E-state index in [1.165, 1.54) is 96.8 Å².